The van der Waals surface area contributed by atoms with E-state index in [1.807, 2.05) is 23.9 Å². The second-order valence-corrected chi connectivity index (χ2v) is 2.91. The third-order valence-corrected chi connectivity index (χ3v) is 1.93. The standard InChI is InChI=1S/C10H10N2O.CH4/c1-12-6-5-11-10(12)8-3-2-4-9(13)7-8;/h2-7,13H,1H3;1H4. The number of benzene rings is 1. The Morgan fingerprint density at radius 2 is 2.14 bits per heavy atom. The molecule has 0 saturated heterocycles. The predicted molar refractivity (Wildman–Crippen MR) is 57.0 cm³/mol. The van der Waals surface area contributed by atoms with E-state index in [-0.39, 0.29) is 13.2 Å². The van der Waals surface area contributed by atoms with Crippen LogP contribution < -0.4 is 0 Å². The van der Waals surface area contributed by atoms with Crippen molar-refractivity contribution in [3.8, 4) is 17.1 Å². The summed E-state index contributed by atoms with van der Waals surface area (Å²) in [4.78, 5) is 4.18. The van der Waals surface area contributed by atoms with Gasteiger partial charge >= 0.3 is 0 Å². The molecule has 14 heavy (non-hydrogen) atoms. The highest BCUT2D eigenvalue weighted by Gasteiger charge is 2.02. The van der Waals surface area contributed by atoms with Crippen molar-refractivity contribution < 1.29 is 5.11 Å². The fourth-order valence-corrected chi connectivity index (χ4v) is 1.29. The summed E-state index contributed by atoms with van der Waals surface area (Å²) < 4.78 is 1.91. The van der Waals surface area contributed by atoms with Gasteiger partial charge in [0.15, 0.2) is 0 Å². The number of aromatic nitrogens is 2. The van der Waals surface area contributed by atoms with Crippen molar-refractivity contribution >= 4 is 0 Å². The Labute approximate surface area is 83.7 Å². The van der Waals surface area contributed by atoms with E-state index in [1.165, 1.54) is 0 Å². The number of aromatic hydroxyl groups is 1. The summed E-state index contributed by atoms with van der Waals surface area (Å²) in [5.74, 6) is 1.12. The number of aryl methyl sites for hydroxylation is 1. The summed E-state index contributed by atoms with van der Waals surface area (Å²) in [7, 11) is 1.92. The summed E-state index contributed by atoms with van der Waals surface area (Å²) in [6.07, 6.45) is 3.61. The second kappa shape index (κ2) is 3.96. The first-order chi connectivity index (χ1) is 6.27. The molecular weight excluding hydrogens is 176 g/mol. The van der Waals surface area contributed by atoms with E-state index in [9.17, 15) is 5.11 Å². The van der Waals surface area contributed by atoms with Crippen LogP contribution in [-0.2, 0) is 7.05 Å². The molecule has 0 radical (unpaired) electrons. The molecule has 1 aromatic carbocycles. The van der Waals surface area contributed by atoms with Crippen molar-refractivity contribution in [1.29, 1.82) is 0 Å². The maximum absolute atomic E-state index is 9.27. The molecule has 3 nitrogen and oxygen atoms in total. The van der Waals surface area contributed by atoms with E-state index in [4.69, 9.17) is 0 Å². The molecule has 2 rings (SSSR count). The van der Waals surface area contributed by atoms with Crippen LogP contribution in [0.2, 0.25) is 0 Å². The van der Waals surface area contributed by atoms with Crippen LogP contribution in [0.5, 0.6) is 5.75 Å². The largest absolute Gasteiger partial charge is 0.508 e. The Bertz CT molecular complexity index is 421. The lowest BCUT2D eigenvalue weighted by atomic mass is 10.2. The average molecular weight is 190 g/mol. The summed E-state index contributed by atoms with van der Waals surface area (Å²) in [5, 5.41) is 9.27. The molecule has 0 bridgehead atoms. The van der Waals surface area contributed by atoms with E-state index < -0.39 is 0 Å². The molecule has 2 aromatic rings. The molecule has 0 aliphatic rings. The molecule has 0 amide bonds. The van der Waals surface area contributed by atoms with Gasteiger partial charge in [0.2, 0.25) is 0 Å². The second-order valence-electron chi connectivity index (χ2n) is 2.91. The zero-order chi connectivity index (χ0) is 9.26. The maximum atomic E-state index is 9.27. The van der Waals surface area contributed by atoms with Crippen LogP contribution in [0, 0.1) is 0 Å². The molecule has 0 spiro atoms. The van der Waals surface area contributed by atoms with Crippen LogP contribution in [0.25, 0.3) is 11.4 Å². The van der Waals surface area contributed by atoms with Crippen molar-refractivity contribution in [3.05, 3.63) is 36.7 Å². The molecule has 0 saturated carbocycles. The van der Waals surface area contributed by atoms with Crippen molar-refractivity contribution in [2.24, 2.45) is 7.05 Å². The average Bonchev–Trinajstić information content (AvgIpc) is 2.51. The van der Waals surface area contributed by atoms with Crippen molar-refractivity contribution in [2.75, 3.05) is 0 Å². The number of hydrogen-bond acceptors (Lipinski definition) is 2. The Hall–Kier alpha value is -1.77. The molecule has 1 aromatic heterocycles. The number of phenolic OH excluding ortho intramolecular Hbond substituents is 1. The zero-order valence-electron chi connectivity index (χ0n) is 7.31. The Balaban J connectivity index is 0.000000980. The minimum Gasteiger partial charge on any atom is -0.508 e. The normalized spacial score (nSPS) is 9.50. The predicted octanol–water partition coefficient (Wildman–Crippen LogP) is 2.43. The molecule has 3 heteroatoms. The molecular formula is C11H14N2O. The Kier molecular flexibility index (Phi) is 2.92. The van der Waals surface area contributed by atoms with Crippen LogP contribution in [0.1, 0.15) is 7.43 Å². The van der Waals surface area contributed by atoms with Crippen LogP contribution in [0.3, 0.4) is 0 Å². The highest BCUT2D eigenvalue weighted by molar-refractivity contribution is 5.57. The lowest BCUT2D eigenvalue weighted by Gasteiger charge is -2.01. The molecule has 0 atom stereocenters. The fraction of sp³-hybridized carbons (Fsp3) is 0.182. The third kappa shape index (κ3) is 1.76. The van der Waals surface area contributed by atoms with Gasteiger partial charge in [0, 0.05) is 25.0 Å². The summed E-state index contributed by atoms with van der Waals surface area (Å²) in [6, 6.07) is 7.07. The third-order valence-electron chi connectivity index (χ3n) is 1.93. The van der Waals surface area contributed by atoms with Gasteiger partial charge in [-0.2, -0.15) is 0 Å². The number of nitrogens with zero attached hydrogens (tertiary/aromatic N) is 2. The lowest BCUT2D eigenvalue weighted by molar-refractivity contribution is 0.475. The zero-order valence-corrected chi connectivity index (χ0v) is 7.31. The first kappa shape index (κ1) is 10.3. The van der Waals surface area contributed by atoms with Crippen molar-refractivity contribution in [1.82, 2.24) is 9.55 Å². The van der Waals surface area contributed by atoms with Gasteiger partial charge in [-0.15, -0.1) is 0 Å². The summed E-state index contributed by atoms with van der Waals surface area (Å²) in [5.41, 5.74) is 0.924. The Morgan fingerprint density at radius 3 is 2.71 bits per heavy atom. The molecule has 0 unspecified atom stereocenters. The SMILES string of the molecule is C.Cn1ccnc1-c1cccc(O)c1. The Morgan fingerprint density at radius 1 is 1.36 bits per heavy atom. The van der Waals surface area contributed by atoms with Gasteiger partial charge in [-0.1, -0.05) is 19.6 Å². The monoisotopic (exact) mass is 190 g/mol. The lowest BCUT2D eigenvalue weighted by Crippen LogP contribution is -1.90. The fourth-order valence-electron chi connectivity index (χ4n) is 1.29. The summed E-state index contributed by atoms with van der Waals surface area (Å²) >= 11 is 0. The van der Waals surface area contributed by atoms with Gasteiger partial charge in [-0.05, 0) is 12.1 Å². The number of phenols is 1. The first-order valence-corrected chi connectivity index (χ1v) is 4.04. The highest BCUT2D eigenvalue weighted by atomic mass is 16.3. The van der Waals surface area contributed by atoms with Gasteiger partial charge < -0.3 is 9.67 Å². The van der Waals surface area contributed by atoms with Gasteiger partial charge in [-0.3, -0.25) is 0 Å². The van der Waals surface area contributed by atoms with E-state index in [0.29, 0.717) is 0 Å². The van der Waals surface area contributed by atoms with E-state index in [2.05, 4.69) is 4.98 Å². The smallest absolute Gasteiger partial charge is 0.139 e. The number of imidazole rings is 1. The molecule has 0 aliphatic carbocycles. The van der Waals surface area contributed by atoms with Gasteiger partial charge in [0.25, 0.3) is 0 Å². The van der Waals surface area contributed by atoms with E-state index in [0.717, 1.165) is 11.4 Å². The first-order valence-electron chi connectivity index (χ1n) is 4.04. The summed E-state index contributed by atoms with van der Waals surface area (Å²) in [6.45, 7) is 0. The van der Waals surface area contributed by atoms with Crippen LogP contribution in [-0.4, -0.2) is 14.7 Å². The van der Waals surface area contributed by atoms with Crippen LogP contribution in [0.15, 0.2) is 36.7 Å². The topological polar surface area (TPSA) is 38.0 Å². The van der Waals surface area contributed by atoms with Crippen LogP contribution >= 0.6 is 0 Å². The highest BCUT2D eigenvalue weighted by Crippen LogP contribution is 2.20. The molecule has 1 N–H and O–H groups in total. The van der Waals surface area contributed by atoms with Crippen molar-refractivity contribution in [2.45, 2.75) is 7.43 Å². The molecule has 0 fully saturated rings. The van der Waals surface area contributed by atoms with Gasteiger partial charge in [-0.25, -0.2) is 4.98 Å². The maximum Gasteiger partial charge on any atom is 0.139 e. The van der Waals surface area contributed by atoms with E-state index in [1.54, 1.807) is 24.4 Å². The van der Waals surface area contributed by atoms with Crippen LogP contribution in [0.4, 0.5) is 0 Å². The molecule has 74 valence electrons. The minimum absolute atomic E-state index is 0. The molecule has 0 aliphatic heterocycles. The molecule has 1 heterocycles. The quantitative estimate of drug-likeness (QED) is 0.750. The van der Waals surface area contributed by atoms with E-state index >= 15 is 0 Å². The van der Waals surface area contributed by atoms with Crippen molar-refractivity contribution in [3.63, 3.8) is 0 Å². The van der Waals surface area contributed by atoms with Gasteiger partial charge in [0.1, 0.15) is 11.6 Å². The minimum atomic E-state index is 0. The number of hydrogen-bond donors (Lipinski definition) is 1. The van der Waals surface area contributed by atoms with Gasteiger partial charge in [0.05, 0.1) is 0 Å². The number of rotatable bonds is 1.